The van der Waals surface area contributed by atoms with E-state index in [1.54, 1.807) is 0 Å². The molecule has 0 aliphatic rings. The first kappa shape index (κ1) is 30.2. The highest BCUT2D eigenvalue weighted by atomic mass is 79.9. The van der Waals surface area contributed by atoms with Crippen molar-refractivity contribution in [1.29, 1.82) is 0 Å². The molecule has 0 atom stereocenters. The van der Waals surface area contributed by atoms with Crippen molar-refractivity contribution < 1.29 is 0 Å². The monoisotopic (exact) mass is 570 g/mol. The molecule has 0 amide bonds. The Morgan fingerprint density at radius 3 is 0.938 bits per heavy atom. The molecule has 186 valence electrons. The van der Waals surface area contributed by atoms with E-state index >= 15 is 0 Å². The zero-order chi connectivity index (χ0) is 23.3. The molecule has 0 N–H and O–H groups in total. The Morgan fingerprint density at radius 1 is 0.406 bits per heavy atom. The molecule has 2 heteroatoms. The summed E-state index contributed by atoms with van der Waals surface area (Å²) in [7, 11) is 0. The molecule has 0 aliphatic carbocycles. The molecule has 1 aromatic carbocycles. The molecule has 0 unspecified atom stereocenters. The number of halogens is 2. The maximum Gasteiger partial charge on any atom is 0.0210 e. The quantitative estimate of drug-likeness (QED) is 0.121. The fourth-order valence-corrected chi connectivity index (χ4v) is 5.80. The molecule has 0 aliphatic heterocycles. The summed E-state index contributed by atoms with van der Waals surface area (Å²) >= 11 is 7.71. The van der Waals surface area contributed by atoms with Crippen molar-refractivity contribution in [2.45, 2.75) is 155 Å². The van der Waals surface area contributed by atoms with Crippen molar-refractivity contribution in [3.05, 3.63) is 32.2 Å². The summed E-state index contributed by atoms with van der Waals surface area (Å²) in [4.78, 5) is 0. The van der Waals surface area contributed by atoms with E-state index in [2.05, 4.69) is 57.8 Å². The van der Waals surface area contributed by atoms with Gasteiger partial charge in [-0.25, -0.2) is 0 Å². The van der Waals surface area contributed by atoms with Gasteiger partial charge in [0.1, 0.15) is 0 Å². The first-order chi connectivity index (χ1) is 15.7. The second-order valence-electron chi connectivity index (χ2n) is 9.90. The van der Waals surface area contributed by atoms with Gasteiger partial charge in [0.25, 0.3) is 0 Å². The molecule has 0 saturated carbocycles. The molecule has 1 rings (SSSR count). The Kier molecular flexibility index (Phi) is 20.5. The Morgan fingerprint density at radius 2 is 0.656 bits per heavy atom. The molecule has 32 heavy (non-hydrogen) atoms. The van der Waals surface area contributed by atoms with E-state index in [0.717, 1.165) is 0 Å². The van der Waals surface area contributed by atoms with Gasteiger partial charge in [0.05, 0.1) is 0 Å². The highest BCUT2D eigenvalue weighted by Crippen LogP contribution is 2.29. The van der Waals surface area contributed by atoms with Crippen LogP contribution >= 0.6 is 31.9 Å². The van der Waals surface area contributed by atoms with Gasteiger partial charge in [0.15, 0.2) is 0 Å². The minimum Gasteiger partial charge on any atom is -0.0654 e. The minimum atomic E-state index is 1.20. The van der Waals surface area contributed by atoms with Gasteiger partial charge in [0.2, 0.25) is 0 Å². The molecule has 0 bridgehead atoms. The van der Waals surface area contributed by atoms with Crippen molar-refractivity contribution in [3.8, 4) is 0 Å². The zero-order valence-electron chi connectivity index (χ0n) is 21.5. The van der Waals surface area contributed by atoms with Gasteiger partial charge in [0, 0.05) is 8.95 Å². The first-order valence-corrected chi connectivity index (χ1v) is 15.7. The van der Waals surface area contributed by atoms with E-state index in [4.69, 9.17) is 0 Å². The third-order valence-corrected chi connectivity index (χ3v) is 8.29. The largest absolute Gasteiger partial charge is 0.0654 e. The van der Waals surface area contributed by atoms with E-state index in [1.165, 1.54) is 161 Å². The van der Waals surface area contributed by atoms with Crippen molar-refractivity contribution in [2.75, 3.05) is 0 Å². The smallest absolute Gasteiger partial charge is 0.0210 e. The fraction of sp³-hybridized carbons (Fsp3) is 0.800. The van der Waals surface area contributed by atoms with Crippen LogP contribution in [0.25, 0.3) is 0 Å². The van der Waals surface area contributed by atoms with E-state index in [9.17, 15) is 0 Å². The standard InChI is InChI=1S/C30H52Br2/c1-3-5-7-9-11-13-15-17-19-21-23-27-25-30(32)28(26-29(27)31)24-22-20-18-16-14-12-10-8-6-4-2/h25-26H,3-24H2,1-2H3. The lowest BCUT2D eigenvalue weighted by Crippen LogP contribution is -1.94. The number of hydrogen-bond donors (Lipinski definition) is 0. The summed E-state index contributed by atoms with van der Waals surface area (Å²) < 4.78 is 2.64. The van der Waals surface area contributed by atoms with E-state index in [-0.39, 0.29) is 0 Å². The molecule has 1 aromatic rings. The highest BCUT2D eigenvalue weighted by Gasteiger charge is 2.07. The molecule has 0 radical (unpaired) electrons. The molecule has 0 heterocycles. The molecule has 0 fully saturated rings. The van der Waals surface area contributed by atoms with Crippen LogP contribution in [0.15, 0.2) is 21.1 Å². The SMILES string of the molecule is CCCCCCCCCCCCc1cc(Br)c(CCCCCCCCCCCC)cc1Br. The first-order valence-electron chi connectivity index (χ1n) is 14.2. The normalized spacial score (nSPS) is 11.4. The molecule has 0 nitrogen and oxygen atoms in total. The van der Waals surface area contributed by atoms with Gasteiger partial charge in [-0.2, -0.15) is 0 Å². The van der Waals surface area contributed by atoms with E-state index in [1.807, 2.05) is 0 Å². The number of hydrogen-bond acceptors (Lipinski definition) is 0. The Hall–Kier alpha value is 0.180. The number of rotatable bonds is 22. The van der Waals surface area contributed by atoms with Gasteiger partial charge in [-0.05, 0) is 48.9 Å². The maximum absolute atomic E-state index is 3.85. The molecular formula is C30H52Br2. The van der Waals surface area contributed by atoms with Crippen LogP contribution in [0.3, 0.4) is 0 Å². The molecule has 0 spiro atoms. The van der Waals surface area contributed by atoms with Gasteiger partial charge >= 0.3 is 0 Å². The Balaban J connectivity index is 2.11. The van der Waals surface area contributed by atoms with E-state index < -0.39 is 0 Å². The predicted octanol–water partition coefficient (Wildman–Crippen LogP) is 12.1. The third kappa shape index (κ3) is 15.9. The summed E-state index contributed by atoms with van der Waals surface area (Å²) in [6.45, 7) is 4.59. The molecule has 0 aromatic heterocycles. The zero-order valence-corrected chi connectivity index (χ0v) is 24.6. The minimum absolute atomic E-state index is 1.20. The summed E-state index contributed by atoms with van der Waals surface area (Å²) in [5.41, 5.74) is 2.95. The average molecular weight is 573 g/mol. The Bertz CT molecular complexity index is 502. The number of aryl methyl sites for hydroxylation is 2. The van der Waals surface area contributed by atoms with Gasteiger partial charge in [-0.15, -0.1) is 0 Å². The predicted molar refractivity (Wildman–Crippen MR) is 153 cm³/mol. The molecular weight excluding hydrogens is 520 g/mol. The van der Waals surface area contributed by atoms with Gasteiger partial charge in [-0.3, -0.25) is 0 Å². The topological polar surface area (TPSA) is 0 Å². The van der Waals surface area contributed by atoms with Crippen LogP contribution in [0.5, 0.6) is 0 Å². The van der Waals surface area contributed by atoms with Gasteiger partial charge < -0.3 is 0 Å². The maximum atomic E-state index is 3.85. The third-order valence-electron chi connectivity index (χ3n) is 6.81. The van der Waals surface area contributed by atoms with Crippen molar-refractivity contribution in [3.63, 3.8) is 0 Å². The van der Waals surface area contributed by atoms with Crippen LogP contribution in [0.1, 0.15) is 153 Å². The second-order valence-corrected chi connectivity index (χ2v) is 11.6. The summed E-state index contributed by atoms with van der Waals surface area (Å²) in [5, 5.41) is 0. The fourth-order valence-electron chi connectivity index (χ4n) is 4.62. The van der Waals surface area contributed by atoms with Crippen molar-refractivity contribution >= 4 is 31.9 Å². The van der Waals surface area contributed by atoms with Crippen LogP contribution < -0.4 is 0 Å². The second kappa shape index (κ2) is 21.7. The van der Waals surface area contributed by atoms with Crippen LogP contribution in [0.2, 0.25) is 0 Å². The van der Waals surface area contributed by atoms with Crippen LogP contribution in [-0.4, -0.2) is 0 Å². The van der Waals surface area contributed by atoms with Crippen LogP contribution in [0.4, 0.5) is 0 Å². The molecule has 0 saturated heterocycles. The van der Waals surface area contributed by atoms with Crippen LogP contribution in [-0.2, 0) is 12.8 Å². The average Bonchev–Trinajstić information content (AvgIpc) is 2.79. The van der Waals surface area contributed by atoms with E-state index in [0.29, 0.717) is 0 Å². The summed E-state index contributed by atoms with van der Waals surface area (Å²) in [5.74, 6) is 0. The van der Waals surface area contributed by atoms with Gasteiger partial charge in [-0.1, -0.05) is 161 Å². The van der Waals surface area contributed by atoms with Crippen LogP contribution in [0, 0.1) is 0 Å². The highest BCUT2D eigenvalue weighted by molar-refractivity contribution is 9.11. The number of unbranched alkanes of at least 4 members (excludes halogenated alkanes) is 18. The van der Waals surface area contributed by atoms with Crippen molar-refractivity contribution in [2.24, 2.45) is 0 Å². The summed E-state index contributed by atoms with van der Waals surface area (Å²) in [6.07, 6.45) is 30.5. The Labute approximate surface area is 218 Å². The van der Waals surface area contributed by atoms with Crippen molar-refractivity contribution in [1.82, 2.24) is 0 Å². The number of benzene rings is 1. The lowest BCUT2D eigenvalue weighted by atomic mass is 10.0. The lowest BCUT2D eigenvalue weighted by molar-refractivity contribution is 0.555. The summed E-state index contributed by atoms with van der Waals surface area (Å²) in [6, 6.07) is 4.76. The lowest BCUT2D eigenvalue weighted by Gasteiger charge is -2.11.